The van der Waals surface area contributed by atoms with Crippen molar-refractivity contribution in [3.63, 3.8) is 0 Å². The quantitative estimate of drug-likeness (QED) is 0.913. The molecule has 7 heteroatoms. The number of methoxy groups -OCH3 is 1. The van der Waals surface area contributed by atoms with Gasteiger partial charge in [0.1, 0.15) is 0 Å². The van der Waals surface area contributed by atoms with Gasteiger partial charge in [-0.1, -0.05) is 16.8 Å². The lowest BCUT2D eigenvalue weighted by Gasteiger charge is -2.13. The molecule has 1 aliphatic carbocycles. The summed E-state index contributed by atoms with van der Waals surface area (Å²) in [4.78, 5) is 10.9. The Morgan fingerprint density at radius 1 is 1.43 bits per heavy atom. The van der Waals surface area contributed by atoms with Gasteiger partial charge in [-0.25, -0.2) is 4.79 Å². The third-order valence-electron chi connectivity index (χ3n) is 3.04. The first-order chi connectivity index (χ1) is 10.1. The highest BCUT2D eigenvalue weighted by atomic mass is 35.5. The maximum atomic E-state index is 10.9. The van der Waals surface area contributed by atoms with E-state index in [0.29, 0.717) is 22.1 Å². The summed E-state index contributed by atoms with van der Waals surface area (Å²) < 4.78 is 16.2. The largest absolute Gasteiger partial charge is 0.493 e. The number of hydrogen-bond donors (Lipinski definition) is 1. The van der Waals surface area contributed by atoms with Gasteiger partial charge in [0.25, 0.3) is 0 Å². The van der Waals surface area contributed by atoms with Gasteiger partial charge in [-0.3, -0.25) is 0 Å². The van der Waals surface area contributed by atoms with Crippen LogP contribution < -0.4 is 9.47 Å². The Kier molecular flexibility index (Phi) is 3.47. The lowest BCUT2D eigenvalue weighted by molar-refractivity contribution is 0.0686. The first kappa shape index (κ1) is 13.8. The van der Waals surface area contributed by atoms with Crippen molar-refractivity contribution in [2.45, 2.75) is 18.9 Å². The minimum atomic E-state index is -1.16. The van der Waals surface area contributed by atoms with Gasteiger partial charge in [0, 0.05) is 17.2 Å². The second-order valence-electron chi connectivity index (χ2n) is 4.68. The van der Waals surface area contributed by atoms with Crippen molar-refractivity contribution in [2.24, 2.45) is 0 Å². The van der Waals surface area contributed by atoms with Crippen LogP contribution in [0.2, 0.25) is 5.02 Å². The molecule has 1 aromatic carbocycles. The van der Waals surface area contributed by atoms with Crippen molar-refractivity contribution in [1.29, 1.82) is 0 Å². The summed E-state index contributed by atoms with van der Waals surface area (Å²) in [5.74, 6) is 0.0580. The van der Waals surface area contributed by atoms with Crippen LogP contribution in [0.5, 0.6) is 11.5 Å². The molecule has 0 spiro atoms. The van der Waals surface area contributed by atoms with E-state index in [1.807, 2.05) is 0 Å². The van der Waals surface area contributed by atoms with Crippen molar-refractivity contribution in [1.82, 2.24) is 5.16 Å². The van der Waals surface area contributed by atoms with Gasteiger partial charge in [-0.2, -0.15) is 0 Å². The Bertz CT molecular complexity index is 693. The number of carboxylic acid groups (broad SMARTS) is 1. The zero-order valence-corrected chi connectivity index (χ0v) is 11.9. The summed E-state index contributed by atoms with van der Waals surface area (Å²) in [7, 11) is 1.51. The van der Waals surface area contributed by atoms with Crippen molar-refractivity contribution in [2.75, 3.05) is 7.11 Å². The molecule has 1 aromatic heterocycles. The van der Waals surface area contributed by atoms with Gasteiger partial charge in [-0.05, 0) is 18.9 Å². The molecule has 6 nitrogen and oxygen atoms in total. The molecule has 0 amide bonds. The van der Waals surface area contributed by atoms with E-state index < -0.39 is 5.97 Å². The Hall–Kier alpha value is -2.21. The number of rotatable bonds is 5. The molecule has 110 valence electrons. The molecule has 0 aliphatic heterocycles. The first-order valence-corrected chi connectivity index (χ1v) is 6.71. The number of benzene rings is 1. The average Bonchev–Trinajstić information content (AvgIpc) is 3.13. The lowest BCUT2D eigenvalue weighted by atomic mass is 10.1. The first-order valence-electron chi connectivity index (χ1n) is 6.33. The normalized spacial score (nSPS) is 14.0. The molecule has 0 saturated heterocycles. The minimum Gasteiger partial charge on any atom is -0.493 e. The molecule has 2 aromatic rings. The fraction of sp³-hybridized carbons (Fsp3) is 0.286. The molecule has 0 radical (unpaired) electrons. The molecule has 1 N–H and O–H groups in total. The second-order valence-corrected chi connectivity index (χ2v) is 5.12. The molecule has 0 unspecified atom stereocenters. The van der Waals surface area contributed by atoms with E-state index in [-0.39, 0.29) is 17.6 Å². The number of aromatic nitrogens is 1. The number of ether oxygens (including phenoxy) is 2. The van der Waals surface area contributed by atoms with Crippen molar-refractivity contribution < 1.29 is 23.9 Å². The molecule has 1 aliphatic rings. The Balaban J connectivity index is 2.09. The van der Waals surface area contributed by atoms with Crippen LogP contribution in [0.1, 0.15) is 23.3 Å². The van der Waals surface area contributed by atoms with Crippen molar-refractivity contribution in [3.05, 3.63) is 28.9 Å². The molecule has 1 fully saturated rings. The minimum absolute atomic E-state index is 0.140. The number of carboxylic acids is 1. The van der Waals surface area contributed by atoms with Crippen LogP contribution in [-0.4, -0.2) is 29.4 Å². The molecule has 3 rings (SSSR count). The van der Waals surface area contributed by atoms with Crippen molar-refractivity contribution in [3.8, 4) is 22.8 Å². The molecule has 1 heterocycles. The van der Waals surface area contributed by atoms with E-state index >= 15 is 0 Å². The van der Waals surface area contributed by atoms with E-state index in [1.165, 1.54) is 13.2 Å². The number of carbonyl (C=O) groups is 1. The molecular weight excluding hydrogens is 298 g/mol. The third kappa shape index (κ3) is 2.80. The van der Waals surface area contributed by atoms with Gasteiger partial charge >= 0.3 is 5.97 Å². The lowest BCUT2D eigenvalue weighted by Crippen LogP contribution is -2.00. The Morgan fingerprint density at radius 2 is 2.19 bits per heavy atom. The predicted molar refractivity (Wildman–Crippen MR) is 74.1 cm³/mol. The summed E-state index contributed by atoms with van der Waals surface area (Å²) in [5, 5.41) is 12.8. The van der Waals surface area contributed by atoms with Crippen LogP contribution in [0.15, 0.2) is 22.7 Å². The summed E-state index contributed by atoms with van der Waals surface area (Å²) in [6.45, 7) is 0. The topological polar surface area (TPSA) is 81.8 Å². The van der Waals surface area contributed by atoms with Crippen LogP contribution in [0.3, 0.4) is 0 Å². The number of hydrogen-bond acceptors (Lipinski definition) is 5. The number of aromatic carboxylic acids is 1. The van der Waals surface area contributed by atoms with Crippen LogP contribution in [0.25, 0.3) is 11.3 Å². The van der Waals surface area contributed by atoms with Gasteiger partial charge in [0.2, 0.25) is 0 Å². The average molecular weight is 310 g/mol. The molecule has 1 saturated carbocycles. The van der Waals surface area contributed by atoms with E-state index in [4.69, 9.17) is 30.7 Å². The third-order valence-corrected chi connectivity index (χ3v) is 3.26. The zero-order chi connectivity index (χ0) is 15.0. The summed E-state index contributed by atoms with van der Waals surface area (Å²) in [5.41, 5.74) is 0.340. The van der Waals surface area contributed by atoms with Crippen LogP contribution in [0.4, 0.5) is 0 Å². The standard InChI is InChI=1S/C14H12ClNO5/c1-19-12-5-7(15)4-9(13(12)20-8-2-3-8)11-6-10(14(17)18)16-21-11/h4-6,8H,2-3H2,1H3,(H,17,18). The maximum Gasteiger partial charge on any atom is 0.358 e. The van der Waals surface area contributed by atoms with Gasteiger partial charge in [0.15, 0.2) is 23.0 Å². The number of nitrogens with zero attached hydrogens (tertiary/aromatic N) is 1. The monoisotopic (exact) mass is 309 g/mol. The fourth-order valence-corrected chi connectivity index (χ4v) is 2.09. The van der Waals surface area contributed by atoms with E-state index in [2.05, 4.69) is 5.16 Å². The SMILES string of the molecule is COc1cc(Cl)cc(-c2cc(C(=O)O)no2)c1OC1CC1. The predicted octanol–water partition coefficient (Wildman–Crippen LogP) is 3.24. The summed E-state index contributed by atoms with van der Waals surface area (Å²) in [6.07, 6.45) is 2.09. The van der Waals surface area contributed by atoms with Crippen LogP contribution in [-0.2, 0) is 0 Å². The fourth-order valence-electron chi connectivity index (χ4n) is 1.88. The highest BCUT2D eigenvalue weighted by molar-refractivity contribution is 6.31. The maximum absolute atomic E-state index is 10.9. The summed E-state index contributed by atoms with van der Waals surface area (Å²) >= 11 is 6.06. The van der Waals surface area contributed by atoms with Gasteiger partial charge in [-0.15, -0.1) is 0 Å². The molecule has 0 atom stereocenters. The molecular formula is C14H12ClNO5. The Morgan fingerprint density at radius 3 is 2.76 bits per heavy atom. The second kappa shape index (κ2) is 5.29. The van der Waals surface area contributed by atoms with Gasteiger partial charge < -0.3 is 19.1 Å². The van der Waals surface area contributed by atoms with Crippen LogP contribution >= 0.6 is 11.6 Å². The smallest absolute Gasteiger partial charge is 0.358 e. The van der Waals surface area contributed by atoms with Crippen LogP contribution in [0, 0.1) is 0 Å². The van der Waals surface area contributed by atoms with E-state index in [9.17, 15) is 4.79 Å². The zero-order valence-electron chi connectivity index (χ0n) is 11.1. The highest BCUT2D eigenvalue weighted by Gasteiger charge is 2.28. The van der Waals surface area contributed by atoms with Crippen molar-refractivity contribution >= 4 is 17.6 Å². The number of halogens is 1. The molecule has 0 bridgehead atoms. The molecule has 21 heavy (non-hydrogen) atoms. The summed E-state index contributed by atoms with van der Waals surface area (Å²) in [6, 6.07) is 4.60. The highest BCUT2D eigenvalue weighted by Crippen LogP contribution is 2.43. The van der Waals surface area contributed by atoms with E-state index in [0.717, 1.165) is 12.8 Å². The van der Waals surface area contributed by atoms with Gasteiger partial charge in [0.05, 0.1) is 18.8 Å². The Labute approximate surface area is 125 Å². The van der Waals surface area contributed by atoms with E-state index in [1.54, 1.807) is 12.1 Å².